The van der Waals surface area contributed by atoms with Gasteiger partial charge >= 0.3 is 11.8 Å². The second kappa shape index (κ2) is 5.75. The molecule has 0 saturated carbocycles. The van der Waals surface area contributed by atoms with E-state index in [0.29, 0.717) is 10.9 Å². The molecule has 1 aromatic carbocycles. The van der Waals surface area contributed by atoms with Crippen molar-refractivity contribution in [1.29, 1.82) is 0 Å². The number of carbonyl (C=O) groups excluding carboxylic acids is 1. The zero-order chi connectivity index (χ0) is 16.7. The Hall–Kier alpha value is -1.84. The molecule has 0 aliphatic rings. The maximum absolute atomic E-state index is 12.3. The van der Waals surface area contributed by atoms with Crippen molar-refractivity contribution in [2.24, 2.45) is 0 Å². The number of nitro benzene ring substituents is 1. The first-order chi connectivity index (χ1) is 10.1. The number of ether oxygens (including phenoxy) is 2. The molecule has 0 aliphatic heterocycles. The van der Waals surface area contributed by atoms with Crippen molar-refractivity contribution < 1.29 is 19.2 Å². The highest BCUT2D eigenvalue weighted by Crippen LogP contribution is 2.35. The first-order valence-corrected chi connectivity index (χ1v) is 7.48. The molecule has 0 spiro atoms. The van der Waals surface area contributed by atoms with Gasteiger partial charge in [0.25, 0.3) is 0 Å². The number of nitro groups is 1. The van der Waals surface area contributed by atoms with Crippen LogP contribution in [0.1, 0.15) is 20.8 Å². The van der Waals surface area contributed by atoms with Crippen LogP contribution in [0.5, 0.6) is 5.75 Å². The maximum Gasteiger partial charge on any atom is 0.419 e. The number of hydrogen-bond donors (Lipinski definition) is 0. The van der Waals surface area contributed by atoms with Gasteiger partial charge in [0.2, 0.25) is 0 Å². The SMILES string of the molecule is COc1cc2c(I)cn(C(=O)OC(C)(C)C)c2cc1[N+](=O)[O-]. The largest absolute Gasteiger partial charge is 0.490 e. The molecule has 0 aliphatic carbocycles. The third kappa shape index (κ3) is 3.16. The molecule has 7 nitrogen and oxygen atoms in total. The molecule has 0 bridgehead atoms. The highest BCUT2D eigenvalue weighted by Gasteiger charge is 2.24. The Balaban J connectivity index is 2.65. The van der Waals surface area contributed by atoms with E-state index in [-0.39, 0.29) is 11.4 Å². The van der Waals surface area contributed by atoms with Gasteiger partial charge in [0.1, 0.15) is 5.60 Å². The molecule has 22 heavy (non-hydrogen) atoms. The monoisotopic (exact) mass is 418 g/mol. The fourth-order valence-electron chi connectivity index (χ4n) is 1.97. The fraction of sp³-hybridized carbons (Fsp3) is 0.357. The summed E-state index contributed by atoms with van der Waals surface area (Å²) in [5, 5.41) is 11.8. The summed E-state index contributed by atoms with van der Waals surface area (Å²) >= 11 is 2.06. The highest BCUT2D eigenvalue weighted by atomic mass is 127. The Labute approximate surface area is 140 Å². The molecule has 0 amide bonds. The Morgan fingerprint density at radius 3 is 2.50 bits per heavy atom. The lowest BCUT2D eigenvalue weighted by atomic mass is 10.2. The molecular weight excluding hydrogens is 403 g/mol. The third-order valence-electron chi connectivity index (χ3n) is 2.84. The van der Waals surface area contributed by atoms with Crippen LogP contribution >= 0.6 is 22.6 Å². The normalized spacial score (nSPS) is 11.5. The number of nitrogens with zero attached hydrogens (tertiary/aromatic N) is 2. The minimum absolute atomic E-state index is 0.150. The first kappa shape index (κ1) is 16.5. The Kier molecular flexibility index (Phi) is 4.32. The summed E-state index contributed by atoms with van der Waals surface area (Å²) in [5.41, 5.74) is -0.446. The average Bonchev–Trinajstić information content (AvgIpc) is 2.72. The van der Waals surface area contributed by atoms with Crippen molar-refractivity contribution in [3.05, 3.63) is 32.0 Å². The lowest BCUT2D eigenvalue weighted by Gasteiger charge is -2.19. The summed E-state index contributed by atoms with van der Waals surface area (Å²) in [6.07, 6.45) is 1.00. The summed E-state index contributed by atoms with van der Waals surface area (Å²) in [5.74, 6) is 0.150. The van der Waals surface area contributed by atoms with Crippen LogP contribution in [0.3, 0.4) is 0 Å². The molecule has 0 N–H and O–H groups in total. The van der Waals surface area contributed by atoms with E-state index in [9.17, 15) is 14.9 Å². The summed E-state index contributed by atoms with van der Waals surface area (Å²) in [6, 6.07) is 2.87. The zero-order valence-corrected chi connectivity index (χ0v) is 14.7. The number of halogens is 1. The second-order valence-electron chi connectivity index (χ2n) is 5.63. The number of aromatic nitrogens is 1. The molecule has 0 fully saturated rings. The molecule has 0 radical (unpaired) electrons. The van der Waals surface area contributed by atoms with Crippen LogP contribution in [0, 0.1) is 13.7 Å². The van der Waals surface area contributed by atoms with Gasteiger partial charge in [0.15, 0.2) is 5.75 Å². The van der Waals surface area contributed by atoms with Crippen molar-refractivity contribution in [2.45, 2.75) is 26.4 Å². The molecule has 118 valence electrons. The molecule has 2 rings (SSSR count). The standard InChI is InChI=1S/C14H15IN2O5/c1-14(2,3)22-13(18)16-7-9(15)8-5-12(21-4)11(17(19)20)6-10(8)16/h5-7H,1-4H3. The van der Waals surface area contributed by atoms with E-state index < -0.39 is 16.6 Å². The van der Waals surface area contributed by atoms with E-state index in [0.717, 1.165) is 3.57 Å². The average molecular weight is 418 g/mol. The number of hydrogen-bond acceptors (Lipinski definition) is 5. The summed E-state index contributed by atoms with van der Waals surface area (Å²) in [6.45, 7) is 5.27. The number of carbonyl (C=O) groups is 1. The summed E-state index contributed by atoms with van der Waals surface area (Å²) < 4.78 is 12.4. The lowest BCUT2D eigenvalue weighted by Crippen LogP contribution is -2.26. The molecule has 1 aromatic heterocycles. The van der Waals surface area contributed by atoms with Crippen LogP contribution in [0.15, 0.2) is 18.3 Å². The van der Waals surface area contributed by atoms with Crippen molar-refractivity contribution in [3.63, 3.8) is 0 Å². The van der Waals surface area contributed by atoms with Crippen molar-refractivity contribution in [3.8, 4) is 5.75 Å². The number of rotatable bonds is 2. The first-order valence-electron chi connectivity index (χ1n) is 6.40. The Morgan fingerprint density at radius 1 is 1.36 bits per heavy atom. The highest BCUT2D eigenvalue weighted by molar-refractivity contribution is 14.1. The van der Waals surface area contributed by atoms with E-state index in [2.05, 4.69) is 22.6 Å². The number of fused-ring (bicyclic) bond motifs is 1. The van der Waals surface area contributed by atoms with Gasteiger partial charge in [0.05, 0.1) is 17.5 Å². The molecule has 2 aromatic rings. The molecular formula is C14H15IN2O5. The molecule has 0 atom stereocenters. The lowest BCUT2D eigenvalue weighted by molar-refractivity contribution is -0.385. The van der Waals surface area contributed by atoms with Crippen molar-refractivity contribution >= 4 is 45.3 Å². The maximum atomic E-state index is 12.3. The summed E-state index contributed by atoms with van der Waals surface area (Å²) in [4.78, 5) is 22.9. The van der Waals surface area contributed by atoms with Gasteiger partial charge in [-0.25, -0.2) is 4.79 Å². The minimum atomic E-state index is -0.655. The van der Waals surface area contributed by atoms with Gasteiger partial charge in [-0.3, -0.25) is 14.7 Å². The van der Waals surface area contributed by atoms with E-state index in [1.54, 1.807) is 33.0 Å². The zero-order valence-electron chi connectivity index (χ0n) is 12.5. The predicted molar refractivity (Wildman–Crippen MR) is 89.5 cm³/mol. The molecule has 0 saturated heterocycles. The van der Waals surface area contributed by atoms with Gasteiger partial charge < -0.3 is 9.47 Å². The topological polar surface area (TPSA) is 83.6 Å². The van der Waals surface area contributed by atoms with Crippen LogP contribution in [-0.2, 0) is 4.74 Å². The van der Waals surface area contributed by atoms with Crippen LogP contribution in [0.2, 0.25) is 0 Å². The smallest absolute Gasteiger partial charge is 0.419 e. The Morgan fingerprint density at radius 2 is 2.00 bits per heavy atom. The summed E-state index contributed by atoms with van der Waals surface area (Å²) in [7, 11) is 1.37. The molecule has 0 unspecified atom stereocenters. The Bertz CT molecular complexity index is 761. The van der Waals surface area contributed by atoms with Gasteiger partial charge in [-0.2, -0.15) is 0 Å². The molecule has 1 heterocycles. The van der Waals surface area contributed by atoms with Crippen molar-refractivity contribution in [2.75, 3.05) is 7.11 Å². The van der Waals surface area contributed by atoms with Gasteiger partial charge in [-0.15, -0.1) is 0 Å². The van der Waals surface area contributed by atoms with E-state index in [1.807, 2.05) is 0 Å². The van der Waals surface area contributed by atoms with Crippen LogP contribution in [0.4, 0.5) is 10.5 Å². The number of methoxy groups -OCH3 is 1. The number of benzene rings is 1. The quantitative estimate of drug-likeness (QED) is 0.419. The van der Waals surface area contributed by atoms with E-state index in [4.69, 9.17) is 9.47 Å². The predicted octanol–water partition coefficient (Wildman–Crippen LogP) is 3.95. The van der Waals surface area contributed by atoms with Crippen LogP contribution in [0.25, 0.3) is 10.9 Å². The van der Waals surface area contributed by atoms with Crippen LogP contribution in [-0.4, -0.2) is 28.3 Å². The fourth-order valence-corrected chi connectivity index (χ4v) is 2.68. The van der Waals surface area contributed by atoms with Gasteiger partial charge in [0, 0.05) is 21.2 Å². The van der Waals surface area contributed by atoms with Crippen molar-refractivity contribution in [1.82, 2.24) is 4.57 Å². The third-order valence-corrected chi connectivity index (χ3v) is 3.70. The van der Waals surface area contributed by atoms with Crippen LogP contribution < -0.4 is 4.74 Å². The van der Waals surface area contributed by atoms with E-state index >= 15 is 0 Å². The van der Waals surface area contributed by atoms with Gasteiger partial charge in [-0.05, 0) is 49.4 Å². The minimum Gasteiger partial charge on any atom is -0.490 e. The van der Waals surface area contributed by atoms with Gasteiger partial charge in [-0.1, -0.05) is 0 Å². The van der Waals surface area contributed by atoms with E-state index in [1.165, 1.54) is 17.7 Å². The molecule has 8 heteroatoms. The second-order valence-corrected chi connectivity index (χ2v) is 6.79.